The van der Waals surface area contributed by atoms with Crippen LogP contribution >= 0.6 is 0 Å². The number of hydrogen-bond acceptors (Lipinski definition) is 4. The van der Waals surface area contributed by atoms with E-state index < -0.39 is 0 Å². The van der Waals surface area contributed by atoms with E-state index in [1.165, 1.54) is 0 Å². The fourth-order valence-electron chi connectivity index (χ4n) is 4.17. The first kappa shape index (κ1) is 14.0. The van der Waals surface area contributed by atoms with Crippen LogP contribution in [0.5, 0.6) is 0 Å². The van der Waals surface area contributed by atoms with Crippen molar-refractivity contribution in [3.63, 3.8) is 0 Å². The van der Waals surface area contributed by atoms with Gasteiger partial charge in [-0.2, -0.15) is 0 Å². The highest BCUT2D eigenvalue weighted by molar-refractivity contribution is 5.75. The lowest BCUT2D eigenvalue weighted by atomic mass is 10.0. The fourth-order valence-corrected chi connectivity index (χ4v) is 4.17. The number of nitrogens with zero attached hydrogens (tertiary/aromatic N) is 5. The van der Waals surface area contributed by atoms with Gasteiger partial charge in [0.1, 0.15) is 12.7 Å². The largest absolute Gasteiger partial charge is 0.374 e. The van der Waals surface area contributed by atoms with Gasteiger partial charge >= 0.3 is 6.03 Å². The normalized spacial score (nSPS) is 31.5. The van der Waals surface area contributed by atoms with Crippen molar-refractivity contribution in [2.24, 2.45) is 5.92 Å². The summed E-state index contributed by atoms with van der Waals surface area (Å²) in [6.07, 6.45) is 8.07. The molecule has 3 fully saturated rings. The van der Waals surface area contributed by atoms with Crippen LogP contribution in [0.3, 0.4) is 0 Å². The number of hydrogen-bond donors (Lipinski definition) is 0. The lowest BCUT2D eigenvalue weighted by Gasteiger charge is -2.40. The number of ether oxygens (including phenoxy) is 1. The van der Waals surface area contributed by atoms with Crippen molar-refractivity contribution in [1.82, 2.24) is 24.6 Å². The van der Waals surface area contributed by atoms with Crippen molar-refractivity contribution < 1.29 is 9.53 Å². The van der Waals surface area contributed by atoms with Gasteiger partial charge in [0.25, 0.3) is 0 Å². The lowest BCUT2D eigenvalue weighted by Crippen LogP contribution is -2.56. The molecule has 7 nitrogen and oxygen atoms in total. The van der Waals surface area contributed by atoms with E-state index in [1.54, 1.807) is 12.7 Å². The van der Waals surface area contributed by atoms with Crippen molar-refractivity contribution in [2.45, 2.75) is 44.4 Å². The average molecular weight is 305 g/mol. The molecule has 2 amide bonds. The summed E-state index contributed by atoms with van der Waals surface area (Å²) in [6, 6.07) is 0.462. The van der Waals surface area contributed by atoms with Gasteiger partial charge in [0.2, 0.25) is 0 Å². The maximum Gasteiger partial charge on any atom is 0.320 e. The Morgan fingerprint density at radius 3 is 2.68 bits per heavy atom. The van der Waals surface area contributed by atoms with E-state index in [1.807, 2.05) is 9.47 Å². The monoisotopic (exact) mass is 305 g/mol. The van der Waals surface area contributed by atoms with Crippen molar-refractivity contribution in [1.29, 1.82) is 0 Å². The summed E-state index contributed by atoms with van der Waals surface area (Å²) in [6.45, 7) is 4.09. The Labute approximate surface area is 130 Å². The Morgan fingerprint density at radius 1 is 1.14 bits per heavy atom. The quantitative estimate of drug-likeness (QED) is 0.817. The highest BCUT2D eigenvalue weighted by Crippen LogP contribution is 2.36. The molecular formula is C15H23N5O2. The number of urea groups is 1. The molecular weight excluding hydrogens is 282 g/mol. The number of aromatic nitrogens is 3. The first-order valence-corrected chi connectivity index (χ1v) is 8.32. The summed E-state index contributed by atoms with van der Waals surface area (Å²) < 4.78 is 8.05. The van der Waals surface area contributed by atoms with Crippen LogP contribution in [-0.2, 0) is 11.3 Å². The predicted molar refractivity (Wildman–Crippen MR) is 79.2 cm³/mol. The Morgan fingerprint density at radius 2 is 1.91 bits per heavy atom. The number of fused-ring (bicyclic) bond motifs is 1. The SMILES string of the molecule is O=C(N1CCCC1)N1CCO[C@@H]2[C@@H](Cn3cnnc3)CC[C@H]21. The molecule has 0 bridgehead atoms. The third-order valence-corrected chi connectivity index (χ3v) is 5.25. The molecule has 4 rings (SSSR count). The summed E-state index contributed by atoms with van der Waals surface area (Å²) in [7, 11) is 0. The molecule has 2 saturated heterocycles. The minimum Gasteiger partial charge on any atom is -0.374 e. The van der Waals surface area contributed by atoms with Crippen molar-refractivity contribution >= 4 is 6.03 Å². The lowest BCUT2D eigenvalue weighted by molar-refractivity contribution is -0.0637. The summed E-state index contributed by atoms with van der Waals surface area (Å²) in [5.41, 5.74) is 0. The van der Waals surface area contributed by atoms with E-state index in [-0.39, 0.29) is 18.2 Å². The molecule has 22 heavy (non-hydrogen) atoms. The van der Waals surface area contributed by atoms with E-state index in [9.17, 15) is 4.79 Å². The van der Waals surface area contributed by atoms with Gasteiger partial charge in [0.05, 0.1) is 18.8 Å². The third-order valence-electron chi connectivity index (χ3n) is 5.25. The van der Waals surface area contributed by atoms with Gasteiger partial charge < -0.3 is 19.1 Å². The van der Waals surface area contributed by atoms with Crippen LogP contribution < -0.4 is 0 Å². The molecule has 3 atom stereocenters. The number of amides is 2. The van der Waals surface area contributed by atoms with E-state index in [0.717, 1.165) is 51.9 Å². The molecule has 2 aliphatic heterocycles. The van der Waals surface area contributed by atoms with Gasteiger partial charge in [-0.1, -0.05) is 0 Å². The molecule has 3 aliphatic rings. The Kier molecular flexibility index (Phi) is 3.73. The topological polar surface area (TPSA) is 63.5 Å². The van der Waals surface area contributed by atoms with Gasteiger partial charge in [0.15, 0.2) is 0 Å². The van der Waals surface area contributed by atoms with Crippen molar-refractivity contribution in [3.05, 3.63) is 12.7 Å². The molecule has 0 spiro atoms. The highest BCUT2D eigenvalue weighted by atomic mass is 16.5. The van der Waals surface area contributed by atoms with Crippen LogP contribution in [0.2, 0.25) is 0 Å². The van der Waals surface area contributed by atoms with Crippen LogP contribution in [0.4, 0.5) is 4.79 Å². The number of carbonyl (C=O) groups excluding carboxylic acids is 1. The second-order valence-electron chi connectivity index (χ2n) is 6.57. The van der Waals surface area contributed by atoms with E-state index in [2.05, 4.69) is 15.1 Å². The maximum atomic E-state index is 12.7. The van der Waals surface area contributed by atoms with E-state index >= 15 is 0 Å². The van der Waals surface area contributed by atoms with Gasteiger partial charge in [-0.15, -0.1) is 10.2 Å². The molecule has 7 heteroatoms. The molecule has 0 N–H and O–H groups in total. The predicted octanol–water partition coefficient (Wildman–Crippen LogP) is 0.973. The number of morpholine rings is 1. The molecule has 1 aromatic heterocycles. The summed E-state index contributed by atoms with van der Waals surface area (Å²) in [5, 5.41) is 7.73. The molecule has 3 heterocycles. The van der Waals surface area contributed by atoms with Crippen molar-refractivity contribution in [2.75, 3.05) is 26.2 Å². The standard InChI is InChI=1S/C15H23N5O2/c21-15(19-5-1-2-6-19)20-7-8-22-14-12(3-4-13(14)20)9-18-10-16-17-11-18/h10-14H,1-9H2/t12-,13-,14-/m1/s1. The first-order chi connectivity index (χ1) is 10.8. The number of rotatable bonds is 2. The van der Waals surface area contributed by atoms with Gasteiger partial charge in [-0.05, 0) is 25.7 Å². The zero-order chi connectivity index (χ0) is 14.9. The van der Waals surface area contributed by atoms with Gasteiger partial charge in [0, 0.05) is 32.1 Å². The third kappa shape index (κ3) is 2.47. The molecule has 0 aromatic carbocycles. The maximum absolute atomic E-state index is 12.7. The van der Waals surface area contributed by atoms with Crippen LogP contribution in [0.25, 0.3) is 0 Å². The average Bonchev–Trinajstić information content (AvgIpc) is 3.29. The number of likely N-dealkylation sites (tertiary alicyclic amines) is 1. The van der Waals surface area contributed by atoms with Crippen LogP contribution in [0.15, 0.2) is 12.7 Å². The Bertz CT molecular complexity index is 514. The number of carbonyl (C=O) groups is 1. The summed E-state index contributed by atoms with van der Waals surface area (Å²) >= 11 is 0. The van der Waals surface area contributed by atoms with E-state index in [0.29, 0.717) is 12.5 Å². The zero-order valence-corrected chi connectivity index (χ0v) is 12.8. The molecule has 1 aliphatic carbocycles. The zero-order valence-electron chi connectivity index (χ0n) is 12.8. The van der Waals surface area contributed by atoms with Crippen LogP contribution in [-0.4, -0.2) is 69.0 Å². The Hall–Kier alpha value is -1.63. The van der Waals surface area contributed by atoms with E-state index in [4.69, 9.17) is 4.74 Å². The molecule has 1 aromatic rings. The van der Waals surface area contributed by atoms with Crippen LogP contribution in [0, 0.1) is 5.92 Å². The fraction of sp³-hybridized carbons (Fsp3) is 0.800. The first-order valence-electron chi connectivity index (χ1n) is 8.32. The Balaban J connectivity index is 1.45. The molecule has 0 radical (unpaired) electrons. The minimum absolute atomic E-state index is 0.155. The summed E-state index contributed by atoms with van der Waals surface area (Å²) in [4.78, 5) is 16.8. The second-order valence-corrected chi connectivity index (χ2v) is 6.57. The molecule has 1 saturated carbocycles. The highest BCUT2D eigenvalue weighted by Gasteiger charge is 2.45. The summed E-state index contributed by atoms with van der Waals surface area (Å²) in [5.74, 6) is 0.440. The van der Waals surface area contributed by atoms with Gasteiger partial charge in [-0.3, -0.25) is 0 Å². The molecule has 120 valence electrons. The molecule has 0 unspecified atom stereocenters. The van der Waals surface area contributed by atoms with Gasteiger partial charge in [-0.25, -0.2) is 4.79 Å². The van der Waals surface area contributed by atoms with Crippen LogP contribution in [0.1, 0.15) is 25.7 Å². The smallest absolute Gasteiger partial charge is 0.320 e. The second kappa shape index (κ2) is 5.87. The van der Waals surface area contributed by atoms with Crippen molar-refractivity contribution in [3.8, 4) is 0 Å². The minimum atomic E-state index is 0.155.